The number of para-hydroxylation sites is 1. The van der Waals surface area contributed by atoms with Crippen LogP contribution in [0.15, 0.2) is 67.0 Å². The van der Waals surface area contributed by atoms with Gasteiger partial charge in [0.25, 0.3) is 17.7 Å². The zero-order valence-corrected chi connectivity index (χ0v) is 15.2. The lowest BCUT2D eigenvalue weighted by molar-refractivity contribution is 0.0922. The second-order valence-corrected chi connectivity index (χ2v) is 6.26. The smallest absolute Gasteiger partial charge is 0.286 e. The monoisotopic (exact) mass is 388 g/mol. The summed E-state index contributed by atoms with van der Waals surface area (Å²) in [4.78, 5) is 48.2. The second kappa shape index (κ2) is 7.61. The lowest BCUT2D eigenvalue weighted by atomic mass is 10.1. The molecule has 0 spiro atoms. The first kappa shape index (κ1) is 18.5. The molecule has 0 unspecified atom stereocenters. The van der Waals surface area contributed by atoms with Crippen LogP contribution in [0.2, 0.25) is 0 Å². The number of hydrogen-bond donors (Lipinski definition) is 1. The van der Waals surface area contributed by atoms with Crippen molar-refractivity contribution in [3.63, 3.8) is 0 Å². The van der Waals surface area contributed by atoms with Crippen LogP contribution in [0, 0.1) is 0 Å². The SMILES string of the molecule is O=C(c1ccc(N2C(=O)c3nccnc3C2=O)cc1)N(CCO)c1ccccc1. The van der Waals surface area contributed by atoms with Crippen LogP contribution in [0.4, 0.5) is 11.4 Å². The molecule has 0 saturated heterocycles. The Morgan fingerprint density at radius 1 is 0.897 bits per heavy atom. The number of carbonyl (C=O) groups excluding carboxylic acids is 3. The Balaban J connectivity index is 1.60. The van der Waals surface area contributed by atoms with Gasteiger partial charge in [-0.25, -0.2) is 14.9 Å². The van der Waals surface area contributed by atoms with E-state index in [4.69, 9.17) is 0 Å². The zero-order valence-electron chi connectivity index (χ0n) is 15.2. The standard InChI is InChI=1S/C21H16N4O4/c26-13-12-24(15-4-2-1-3-5-15)19(27)14-6-8-16(9-7-14)25-20(28)17-18(21(25)29)23-11-10-22-17/h1-11,26H,12-13H2. The van der Waals surface area contributed by atoms with Crippen molar-refractivity contribution in [1.29, 1.82) is 0 Å². The number of rotatable bonds is 5. The Labute approximate surface area is 166 Å². The van der Waals surface area contributed by atoms with E-state index in [9.17, 15) is 19.5 Å². The molecule has 1 aliphatic heterocycles. The number of carbonyl (C=O) groups is 3. The molecule has 8 nitrogen and oxygen atoms in total. The number of aliphatic hydroxyl groups excluding tert-OH is 1. The fraction of sp³-hybridized carbons (Fsp3) is 0.0952. The molecule has 1 aliphatic rings. The van der Waals surface area contributed by atoms with E-state index in [1.165, 1.54) is 41.6 Å². The third-order valence-corrected chi connectivity index (χ3v) is 4.52. The molecule has 0 fully saturated rings. The van der Waals surface area contributed by atoms with Crippen molar-refractivity contribution < 1.29 is 19.5 Å². The highest BCUT2D eigenvalue weighted by Crippen LogP contribution is 2.26. The van der Waals surface area contributed by atoms with Crippen LogP contribution >= 0.6 is 0 Å². The summed E-state index contributed by atoms with van der Waals surface area (Å²) in [6, 6.07) is 15.1. The number of aromatic nitrogens is 2. The van der Waals surface area contributed by atoms with Crippen LogP contribution in [-0.2, 0) is 0 Å². The second-order valence-electron chi connectivity index (χ2n) is 6.26. The summed E-state index contributed by atoms with van der Waals surface area (Å²) in [6.07, 6.45) is 2.71. The van der Waals surface area contributed by atoms with Gasteiger partial charge in [0.2, 0.25) is 0 Å². The zero-order chi connectivity index (χ0) is 20.4. The van der Waals surface area contributed by atoms with E-state index in [0.29, 0.717) is 16.9 Å². The molecule has 29 heavy (non-hydrogen) atoms. The lowest BCUT2D eigenvalue weighted by Gasteiger charge is -2.22. The predicted octanol–water partition coefficient (Wildman–Crippen LogP) is 1.92. The largest absolute Gasteiger partial charge is 0.395 e. The van der Waals surface area contributed by atoms with Crippen LogP contribution < -0.4 is 9.80 Å². The van der Waals surface area contributed by atoms with Gasteiger partial charge in [-0.05, 0) is 36.4 Å². The van der Waals surface area contributed by atoms with Gasteiger partial charge < -0.3 is 10.0 Å². The molecule has 3 aromatic rings. The Hall–Kier alpha value is -3.91. The minimum absolute atomic E-state index is 0.0100. The number of benzene rings is 2. The highest BCUT2D eigenvalue weighted by molar-refractivity contribution is 6.33. The summed E-state index contributed by atoms with van der Waals surface area (Å²) in [5, 5.41) is 9.34. The first-order chi connectivity index (χ1) is 14.1. The van der Waals surface area contributed by atoms with E-state index in [0.717, 1.165) is 4.90 Å². The summed E-state index contributed by atoms with van der Waals surface area (Å²) in [7, 11) is 0. The van der Waals surface area contributed by atoms with Crippen molar-refractivity contribution in [1.82, 2.24) is 9.97 Å². The summed E-state index contributed by atoms with van der Waals surface area (Å²) < 4.78 is 0. The number of aliphatic hydroxyl groups is 1. The molecule has 4 rings (SSSR count). The molecule has 1 N–H and O–H groups in total. The third-order valence-electron chi connectivity index (χ3n) is 4.52. The molecule has 3 amide bonds. The van der Waals surface area contributed by atoms with E-state index < -0.39 is 11.8 Å². The Bertz CT molecular complexity index is 1050. The topological polar surface area (TPSA) is 104 Å². The number of imide groups is 1. The highest BCUT2D eigenvalue weighted by Gasteiger charge is 2.39. The molecule has 144 valence electrons. The van der Waals surface area contributed by atoms with Crippen LogP contribution in [0.25, 0.3) is 0 Å². The summed E-state index contributed by atoms with van der Waals surface area (Å²) in [5.41, 5.74) is 1.36. The molecule has 0 aliphatic carbocycles. The molecule has 0 bridgehead atoms. The van der Waals surface area contributed by atoms with Crippen LogP contribution in [0.5, 0.6) is 0 Å². The molecule has 0 atom stereocenters. The molecule has 2 aromatic carbocycles. The van der Waals surface area contributed by atoms with E-state index in [2.05, 4.69) is 9.97 Å². The molecular weight excluding hydrogens is 372 g/mol. The molecule has 0 radical (unpaired) electrons. The van der Waals surface area contributed by atoms with Crippen molar-refractivity contribution >= 4 is 29.1 Å². The third kappa shape index (κ3) is 3.26. The minimum Gasteiger partial charge on any atom is -0.395 e. The first-order valence-corrected chi connectivity index (χ1v) is 8.89. The van der Waals surface area contributed by atoms with Gasteiger partial charge in [0, 0.05) is 30.2 Å². The fourth-order valence-electron chi connectivity index (χ4n) is 3.15. The number of amides is 3. The van der Waals surface area contributed by atoms with Crippen molar-refractivity contribution in [2.45, 2.75) is 0 Å². The average molecular weight is 388 g/mol. The van der Waals surface area contributed by atoms with Gasteiger partial charge in [0.05, 0.1) is 12.3 Å². The van der Waals surface area contributed by atoms with Crippen molar-refractivity contribution in [3.8, 4) is 0 Å². The molecule has 0 saturated carbocycles. The predicted molar refractivity (Wildman–Crippen MR) is 105 cm³/mol. The summed E-state index contributed by atoms with van der Waals surface area (Å²) in [5.74, 6) is -1.41. The highest BCUT2D eigenvalue weighted by atomic mass is 16.3. The van der Waals surface area contributed by atoms with Gasteiger partial charge in [-0.15, -0.1) is 0 Å². The average Bonchev–Trinajstić information content (AvgIpc) is 3.03. The van der Waals surface area contributed by atoms with Crippen LogP contribution in [0.3, 0.4) is 0 Å². The lowest BCUT2D eigenvalue weighted by Crippen LogP contribution is -2.33. The maximum atomic E-state index is 12.9. The van der Waals surface area contributed by atoms with Gasteiger partial charge in [0.15, 0.2) is 11.4 Å². The molecular formula is C21H16N4O4. The summed E-state index contributed by atoms with van der Waals surface area (Å²) >= 11 is 0. The quantitative estimate of drug-likeness (QED) is 0.670. The molecule has 1 aromatic heterocycles. The number of fused-ring (bicyclic) bond motifs is 1. The Kier molecular flexibility index (Phi) is 4.84. The first-order valence-electron chi connectivity index (χ1n) is 8.89. The summed E-state index contributed by atoms with van der Waals surface area (Å²) in [6.45, 7) is -0.0475. The van der Waals surface area contributed by atoms with Gasteiger partial charge in [-0.2, -0.15) is 0 Å². The minimum atomic E-state index is -0.552. The number of nitrogens with zero attached hydrogens (tertiary/aromatic N) is 4. The van der Waals surface area contributed by atoms with Gasteiger partial charge in [0.1, 0.15) is 0 Å². The number of anilines is 2. The molecule has 2 heterocycles. The molecule has 8 heteroatoms. The van der Waals surface area contributed by atoms with Crippen molar-refractivity contribution in [3.05, 3.63) is 83.9 Å². The fourth-order valence-corrected chi connectivity index (χ4v) is 3.15. The van der Waals surface area contributed by atoms with Crippen molar-refractivity contribution in [2.75, 3.05) is 23.0 Å². The van der Waals surface area contributed by atoms with Crippen molar-refractivity contribution in [2.24, 2.45) is 0 Å². The van der Waals surface area contributed by atoms with Crippen LogP contribution in [-0.4, -0.2) is 45.9 Å². The van der Waals surface area contributed by atoms with Crippen LogP contribution in [0.1, 0.15) is 31.3 Å². The van der Waals surface area contributed by atoms with Gasteiger partial charge >= 0.3 is 0 Å². The van der Waals surface area contributed by atoms with Gasteiger partial charge in [-0.1, -0.05) is 18.2 Å². The van der Waals surface area contributed by atoms with E-state index >= 15 is 0 Å². The number of hydrogen-bond acceptors (Lipinski definition) is 6. The normalized spacial score (nSPS) is 12.8. The van der Waals surface area contributed by atoms with E-state index in [1.54, 1.807) is 24.3 Å². The Morgan fingerprint density at radius 3 is 2.03 bits per heavy atom. The van der Waals surface area contributed by atoms with Gasteiger partial charge in [-0.3, -0.25) is 14.4 Å². The maximum Gasteiger partial charge on any atom is 0.286 e. The Morgan fingerprint density at radius 2 is 1.48 bits per heavy atom. The van der Waals surface area contributed by atoms with E-state index in [-0.39, 0.29) is 30.4 Å². The van der Waals surface area contributed by atoms with E-state index in [1.807, 2.05) is 6.07 Å². The maximum absolute atomic E-state index is 12.9.